The number of rotatable bonds is 7. The second-order valence-corrected chi connectivity index (χ2v) is 5.08. The van der Waals surface area contributed by atoms with Crippen molar-refractivity contribution >= 4 is 0 Å². The first-order valence-corrected chi connectivity index (χ1v) is 6.71. The molecule has 3 N–H and O–H groups in total. The minimum absolute atomic E-state index is 0.0330. The summed E-state index contributed by atoms with van der Waals surface area (Å²) in [5.41, 5.74) is 5.43. The Bertz CT molecular complexity index is 335. The number of hydrogen-bond donors (Lipinski definition) is 2. The number of ether oxygens (including phenoxy) is 1. The van der Waals surface area contributed by atoms with E-state index >= 15 is 0 Å². The van der Waals surface area contributed by atoms with Crippen molar-refractivity contribution in [2.75, 3.05) is 7.11 Å². The Balaban J connectivity index is 2.87. The molecule has 0 aromatic heterocycles. The lowest BCUT2D eigenvalue weighted by Gasteiger charge is -2.28. The molecule has 1 aromatic carbocycles. The van der Waals surface area contributed by atoms with Crippen LogP contribution in [0.2, 0.25) is 0 Å². The van der Waals surface area contributed by atoms with E-state index in [1.807, 2.05) is 0 Å². The highest BCUT2D eigenvalue weighted by molar-refractivity contribution is 5.26. The van der Waals surface area contributed by atoms with E-state index in [2.05, 4.69) is 50.5 Å². The number of benzene rings is 1. The van der Waals surface area contributed by atoms with Crippen LogP contribution in [0.3, 0.4) is 0 Å². The van der Waals surface area contributed by atoms with Crippen molar-refractivity contribution in [1.29, 1.82) is 0 Å². The highest BCUT2D eigenvalue weighted by Crippen LogP contribution is 2.24. The molecule has 2 atom stereocenters. The molecule has 1 rings (SSSR count). The first kappa shape index (κ1) is 15.2. The average Bonchev–Trinajstić information content (AvgIpc) is 2.37. The largest absolute Gasteiger partial charge is 0.379 e. The summed E-state index contributed by atoms with van der Waals surface area (Å²) in [4.78, 5) is 0. The summed E-state index contributed by atoms with van der Waals surface area (Å²) >= 11 is 0. The van der Waals surface area contributed by atoms with Crippen LogP contribution in [0.1, 0.15) is 44.4 Å². The molecule has 0 aliphatic rings. The van der Waals surface area contributed by atoms with E-state index < -0.39 is 0 Å². The van der Waals surface area contributed by atoms with Crippen LogP contribution in [0.4, 0.5) is 0 Å². The van der Waals surface area contributed by atoms with E-state index in [0.717, 1.165) is 6.42 Å². The minimum atomic E-state index is 0.0330. The smallest absolute Gasteiger partial charge is 0.0801 e. The molecule has 18 heavy (non-hydrogen) atoms. The van der Waals surface area contributed by atoms with Gasteiger partial charge in [-0.2, -0.15) is 0 Å². The maximum absolute atomic E-state index is 5.69. The molecule has 2 unspecified atom stereocenters. The summed E-state index contributed by atoms with van der Waals surface area (Å²) in [6, 6.07) is 8.67. The highest BCUT2D eigenvalue weighted by Gasteiger charge is 2.24. The molecule has 102 valence electrons. The lowest BCUT2D eigenvalue weighted by molar-refractivity contribution is 0.0326. The molecular weight excluding hydrogens is 224 g/mol. The van der Waals surface area contributed by atoms with Crippen LogP contribution >= 0.6 is 0 Å². The van der Waals surface area contributed by atoms with Gasteiger partial charge in [0, 0.05) is 7.11 Å². The van der Waals surface area contributed by atoms with Crippen molar-refractivity contribution in [1.82, 2.24) is 5.43 Å². The van der Waals surface area contributed by atoms with Gasteiger partial charge in [-0.1, -0.05) is 51.5 Å². The maximum atomic E-state index is 5.69. The molecule has 0 radical (unpaired) electrons. The predicted molar refractivity (Wildman–Crippen MR) is 76.1 cm³/mol. The predicted octanol–water partition coefficient (Wildman–Crippen LogP) is 2.81. The van der Waals surface area contributed by atoms with Crippen molar-refractivity contribution in [3.8, 4) is 0 Å². The van der Waals surface area contributed by atoms with Crippen LogP contribution in [0, 0.1) is 5.92 Å². The molecule has 0 saturated carbocycles. The normalized spacial score (nSPS) is 14.8. The van der Waals surface area contributed by atoms with Gasteiger partial charge >= 0.3 is 0 Å². The molecule has 0 bridgehead atoms. The van der Waals surface area contributed by atoms with Gasteiger partial charge in [-0.25, -0.2) is 0 Å². The van der Waals surface area contributed by atoms with Crippen molar-refractivity contribution in [2.24, 2.45) is 11.8 Å². The van der Waals surface area contributed by atoms with Gasteiger partial charge in [-0.05, 0) is 23.5 Å². The first-order valence-electron chi connectivity index (χ1n) is 6.71. The third-order valence-electron chi connectivity index (χ3n) is 3.31. The van der Waals surface area contributed by atoms with Gasteiger partial charge in [0.25, 0.3) is 0 Å². The van der Waals surface area contributed by atoms with E-state index in [9.17, 15) is 0 Å². The quantitative estimate of drug-likeness (QED) is 0.578. The lowest BCUT2D eigenvalue weighted by Crippen LogP contribution is -2.40. The van der Waals surface area contributed by atoms with E-state index in [4.69, 9.17) is 10.6 Å². The van der Waals surface area contributed by atoms with Crippen molar-refractivity contribution < 1.29 is 4.74 Å². The number of methoxy groups -OCH3 is 1. The van der Waals surface area contributed by atoms with Crippen LogP contribution in [-0.4, -0.2) is 13.2 Å². The van der Waals surface area contributed by atoms with Gasteiger partial charge in [0.2, 0.25) is 0 Å². The molecule has 3 heteroatoms. The van der Waals surface area contributed by atoms with Crippen molar-refractivity contribution in [3.05, 3.63) is 35.4 Å². The second-order valence-electron chi connectivity index (χ2n) is 5.08. The van der Waals surface area contributed by atoms with Crippen LogP contribution in [0.5, 0.6) is 0 Å². The van der Waals surface area contributed by atoms with Crippen LogP contribution in [0.15, 0.2) is 24.3 Å². The molecule has 0 aliphatic carbocycles. The Labute approximate surface area is 111 Å². The van der Waals surface area contributed by atoms with E-state index in [1.165, 1.54) is 17.5 Å². The van der Waals surface area contributed by atoms with Crippen molar-refractivity contribution in [2.45, 2.75) is 45.8 Å². The third kappa shape index (κ3) is 3.80. The van der Waals surface area contributed by atoms with E-state index in [-0.39, 0.29) is 12.1 Å². The summed E-state index contributed by atoms with van der Waals surface area (Å²) in [7, 11) is 1.74. The maximum Gasteiger partial charge on any atom is 0.0801 e. The highest BCUT2D eigenvalue weighted by atomic mass is 16.5. The van der Waals surface area contributed by atoms with Crippen LogP contribution in [-0.2, 0) is 11.2 Å². The Morgan fingerprint density at radius 2 is 1.83 bits per heavy atom. The fraction of sp³-hybridized carbons (Fsp3) is 0.600. The summed E-state index contributed by atoms with van der Waals surface area (Å²) in [5, 5.41) is 0. The van der Waals surface area contributed by atoms with Gasteiger partial charge in [0.05, 0.1) is 12.1 Å². The number of nitrogens with one attached hydrogen (secondary N) is 1. The lowest BCUT2D eigenvalue weighted by atomic mass is 9.93. The Morgan fingerprint density at radius 1 is 1.22 bits per heavy atom. The monoisotopic (exact) mass is 250 g/mol. The zero-order valence-corrected chi connectivity index (χ0v) is 11.9. The minimum Gasteiger partial charge on any atom is -0.379 e. The number of nitrogens with two attached hydrogens (primary N) is 1. The zero-order chi connectivity index (χ0) is 13.5. The van der Waals surface area contributed by atoms with Crippen LogP contribution < -0.4 is 11.3 Å². The van der Waals surface area contributed by atoms with E-state index in [0.29, 0.717) is 5.92 Å². The van der Waals surface area contributed by atoms with Gasteiger partial charge in [-0.15, -0.1) is 0 Å². The SMILES string of the molecule is CCCc1ccc(C(NN)C(OC)C(C)C)cc1. The summed E-state index contributed by atoms with van der Waals surface area (Å²) < 4.78 is 5.55. The molecule has 0 fully saturated rings. The first-order chi connectivity index (χ1) is 8.63. The topological polar surface area (TPSA) is 47.3 Å². The third-order valence-corrected chi connectivity index (χ3v) is 3.31. The molecule has 0 saturated heterocycles. The number of hydrogen-bond acceptors (Lipinski definition) is 3. The molecule has 3 nitrogen and oxygen atoms in total. The second kappa shape index (κ2) is 7.52. The molecule has 0 heterocycles. The summed E-state index contributed by atoms with van der Waals surface area (Å²) in [6.45, 7) is 6.48. The fourth-order valence-electron chi connectivity index (χ4n) is 2.35. The van der Waals surface area contributed by atoms with Crippen LogP contribution in [0.25, 0.3) is 0 Å². The van der Waals surface area contributed by atoms with Gasteiger partial charge in [0.1, 0.15) is 0 Å². The van der Waals surface area contributed by atoms with Gasteiger partial charge in [0.15, 0.2) is 0 Å². The summed E-state index contributed by atoms with van der Waals surface area (Å²) in [6.07, 6.45) is 2.37. The molecule has 0 amide bonds. The Hall–Kier alpha value is -0.900. The zero-order valence-electron chi connectivity index (χ0n) is 11.9. The van der Waals surface area contributed by atoms with Gasteiger partial charge in [-0.3, -0.25) is 11.3 Å². The molecule has 1 aromatic rings. The number of hydrazine groups is 1. The Kier molecular flexibility index (Phi) is 6.33. The van der Waals surface area contributed by atoms with Crippen molar-refractivity contribution in [3.63, 3.8) is 0 Å². The van der Waals surface area contributed by atoms with E-state index in [1.54, 1.807) is 7.11 Å². The Morgan fingerprint density at radius 3 is 2.22 bits per heavy atom. The summed E-state index contributed by atoms with van der Waals surface area (Å²) in [5.74, 6) is 6.09. The molecular formula is C15H26N2O. The standard InChI is InChI=1S/C15H26N2O/c1-5-6-12-7-9-13(10-8-12)14(17-16)15(18-4)11(2)3/h7-11,14-15,17H,5-6,16H2,1-4H3. The molecule has 0 aliphatic heterocycles. The fourth-order valence-corrected chi connectivity index (χ4v) is 2.35. The number of aryl methyl sites for hydroxylation is 1. The van der Waals surface area contributed by atoms with Gasteiger partial charge < -0.3 is 4.74 Å². The molecule has 0 spiro atoms. The average molecular weight is 250 g/mol.